The van der Waals surface area contributed by atoms with E-state index >= 15 is 0 Å². The Balaban J connectivity index is 1.68. The topological polar surface area (TPSA) is 95.3 Å². The summed E-state index contributed by atoms with van der Waals surface area (Å²) in [5.74, 6) is -0.369. The van der Waals surface area contributed by atoms with Crippen LogP contribution in [0.5, 0.6) is 5.75 Å². The Bertz CT molecular complexity index is 1080. The van der Waals surface area contributed by atoms with Crippen molar-refractivity contribution in [3.05, 3.63) is 64.6 Å². The minimum atomic E-state index is -0.809. The van der Waals surface area contributed by atoms with Crippen LogP contribution in [0.3, 0.4) is 0 Å². The molecule has 0 aliphatic heterocycles. The average Bonchev–Trinajstić information content (AvgIpc) is 3.06. The highest BCUT2D eigenvalue weighted by Gasteiger charge is 2.18. The predicted octanol–water partition coefficient (Wildman–Crippen LogP) is 3.73. The van der Waals surface area contributed by atoms with Gasteiger partial charge in [-0.25, -0.2) is 14.5 Å². The van der Waals surface area contributed by atoms with Gasteiger partial charge in [0.25, 0.3) is 5.91 Å². The molecule has 1 aromatic carbocycles. The van der Waals surface area contributed by atoms with Gasteiger partial charge < -0.3 is 14.8 Å². The summed E-state index contributed by atoms with van der Waals surface area (Å²) >= 11 is 6.11. The summed E-state index contributed by atoms with van der Waals surface area (Å²) in [5, 5.41) is 7.11. The van der Waals surface area contributed by atoms with Gasteiger partial charge in [-0.2, -0.15) is 5.10 Å². The zero-order valence-electron chi connectivity index (χ0n) is 16.8. The number of esters is 1. The number of halogens is 1. The number of nitrogens with zero attached hydrogens (tertiary/aromatic N) is 3. The van der Waals surface area contributed by atoms with Gasteiger partial charge in [0.1, 0.15) is 5.75 Å². The third-order valence-electron chi connectivity index (χ3n) is 4.05. The van der Waals surface area contributed by atoms with Gasteiger partial charge >= 0.3 is 5.97 Å². The summed E-state index contributed by atoms with van der Waals surface area (Å²) in [5.41, 5.74) is 2.07. The first kappa shape index (κ1) is 21.3. The van der Waals surface area contributed by atoms with Crippen molar-refractivity contribution < 1.29 is 19.1 Å². The molecular formula is C21H21ClN4O4. The Morgan fingerprint density at radius 3 is 2.63 bits per heavy atom. The summed E-state index contributed by atoms with van der Waals surface area (Å²) in [6, 6.07) is 12.1. The smallest absolute Gasteiger partial charge is 0.359 e. The van der Waals surface area contributed by atoms with Gasteiger partial charge in [0, 0.05) is 5.69 Å². The number of nitrogens with one attached hydrogen (secondary N) is 1. The Morgan fingerprint density at radius 1 is 1.17 bits per heavy atom. The number of amides is 1. The number of hydrogen-bond acceptors (Lipinski definition) is 6. The molecule has 8 nitrogen and oxygen atoms in total. The van der Waals surface area contributed by atoms with Crippen LogP contribution in [0.1, 0.15) is 28.8 Å². The van der Waals surface area contributed by atoms with Crippen LogP contribution < -0.4 is 10.1 Å². The minimum Gasteiger partial charge on any atom is -0.492 e. The summed E-state index contributed by atoms with van der Waals surface area (Å²) in [4.78, 5) is 28.9. The lowest BCUT2D eigenvalue weighted by molar-refractivity contribution is -0.119. The summed E-state index contributed by atoms with van der Waals surface area (Å²) in [6.45, 7) is 5.53. The molecule has 0 unspecified atom stereocenters. The third-order valence-corrected chi connectivity index (χ3v) is 4.35. The molecule has 0 aliphatic carbocycles. The predicted molar refractivity (Wildman–Crippen MR) is 112 cm³/mol. The Labute approximate surface area is 178 Å². The zero-order valence-corrected chi connectivity index (χ0v) is 17.6. The van der Waals surface area contributed by atoms with Crippen LogP contribution in [-0.2, 0) is 9.53 Å². The molecule has 0 fully saturated rings. The van der Waals surface area contributed by atoms with E-state index in [9.17, 15) is 9.59 Å². The molecule has 9 heteroatoms. The van der Waals surface area contributed by atoms with Gasteiger partial charge in [0.05, 0.1) is 23.0 Å². The number of anilines is 1. The molecule has 1 amide bonds. The van der Waals surface area contributed by atoms with E-state index in [1.54, 1.807) is 35.0 Å². The van der Waals surface area contributed by atoms with E-state index in [4.69, 9.17) is 21.1 Å². The van der Waals surface area contributed by atoms with Crippen LogP contribution in [0.15, 0.2) is 42.5 Å². The lowest BCUT2D eigenvalue weighted by atomic mass is 10.3. The standard InChI is InChI=1S/C21H21ClN4O4/c1-4-29-17-8-6-5-7-16(17)23-19(27)12-30-21(28)20-15(22)9-10-18(24-20)26-14(3)11-13(2)25-26/h5-11H,4,12H2,1-3H3,(H,23,27). The van der Waals surface area contributed by atoms with Crippen LogP contribution in [0.2, 0.25) is 5.02 Å². The highest BCUT2D eigenvalue weighted by molar-refractivity contribution is 6.33. The quantitative estimate of drug-likeness (QED) is 0.576. The SMILES string of the molecule is CCOc1ccccc1NC(=O)COC(=O)c1nc(-n2nc(C)cc2C)ccc1Cl. The molecule has 2 heterocycles. The molecule has 2 aromatic heterocycles. The van der Waals surface area contributed by atoms with Crippen molar-refractivity contribution in [2.24, 2.45) is 0 Å². The molecular weight excluding hydrogens is 408 g/mol. The maximum absolute atomic E-state index is 12.5. The molecule has 0 saturated heterocycles. The normalized spacial score (nSPS) is 10.5. The Hall–Kier alpha value is -3.39. The molecule has 3 aromatic rings. The Morgan fingerprint density at radius 2 is 1.93 bits per heavy atom. The number of hydrogen-bond donors (Lipinski definition) is 1. The average molecular weight is 429 g/mol. The number of pyridine rings is 1. The van der Waals surface area contributed by atoms with E-state index in [1.807, 2.05) is 26.8 Å². The first-order valence-electron chi connectivity index (χ1n) is 9.28. The van der Waals surface area contributed by atoms with Gasteiger partial charge in [-0.1, -0.05) is 23.7 Å². The molecule has 156 valence electrons. The van der Waals surface area contributed by atoms with Crippen LogP contribution in [0.4, 0.5) is 5.69 Å². The van der Waals surface area contributed by atoms with Gasteiger partial charge in [-0.3, -0.25) is 4.79 Å². The summed E-state index contributed by atoms with van der Waals surface area (Å²) < 4.78 is 12.2. The zero-order chi connectivity index (χ0) is 21.7. The molecule has 0 atom stereocenters. The van der Waals surface area contributed by atoms with E-state index in [-0.39, 0.29) is 10.7 Å². The number of carbonyl (C=O) groups excluding carboxylic acids is 2. The number of para-hydroxylation sites is 2. The van der Waals surface area contributed by atoms with Gasteiger partial charge in [-0.05, 0) is 51.1 Å². The molecule has 1 N–H and O–H groups in total. The lowest BCUT2D eigenvalue weighted by Gasteiger charge is -2.12. The summed E-state index contributed by atoms with van der Waals surface area (Å²) in [7, 11) is 0. The summed E-state index contributed by atoms with van der Waals surface area (Å²) in [6.07, 6.45) is 0. The first-order valence-corrected chi connectivity index (χ1v) is 9.65. The van der Waals surface area contributed by atoms with Crippen molar-refractivity contribution in [1.82, 2.24) is 14.8 Å². The van der Waals surface area contributed by atoms with Crippen molar-refractivity contribution >= 4 is 29.2 Å². The number of rotatable bonds is 7. The van der Waals surface area contributed by atoms with Crippen molar-refractivity contribution in [2.75, 3.05) is 18.5 Å². The highest BCUT2D eigenvalue weighted by Crippen LogP contribution is 2.23. The number of carbonyl (C=O) groups is 2. The van der Waals surface area contributed by atoms with Gasteiger partial charge in [0.2, 0.25) is 0 Å². The second-order valence-corrected chi connectivity index (χ2v) is 6.80. The number of ether oxygens (including phenoxy) is 2. The fourth-order valence-electron chi connectivity index (χ4n) is 2.79. The van der Waals surface area contributed by atoms with E-state index in [1.165, 1.54) is 6.07 Å². The van der Waals surface area contributed by atoms with E-state index in [0.717, 1.165) is 11.4 Å². The third kappa shape index (κ3) is 4.96. The van der Waals surface area contributed by atoms with E-state index < -0.39 is 18.5 Å². The molecule has 0 aliphatic rings. The van der Waals surface area contributed by atoms with Gasteiger partial charge in [-0.15, -0.1) is 0 Å². The van der Waals surface area contributed by atoms with E-state index in [0.29, 0.717) is 23.9 Å². The number of benzene rings is 1. The maximum Gasteiger partial charge on any atom is 0.359 e. The van der Waals surface area contributed by atoms with Crippen molar-refractivity contribution in [3.8, 4) is 11.6 Å². The highest BCUT2D eigenvalue weighted by atomic mass is 35.5. The fraction of sp³-hybridized carbons (Fsp3) is 0.238. The second-order valence-electron chi connectivity index (χ2n) is 6.39. The van der Waals surface area contributed by atoms with Crippen molar-refractivity contribution in [1.29, 1.82) is 0 Å². The largest absolute Gasteiger partial charge is 0.492 e. The first-order chi connectivity index (χ1) is 14.4. The van der Waals surface area contributed by atoms with Crippen molar-refractivity contribution in [3.63, 3.8) is 0 Å². The van der Waals surface area contributed by atoms with Gasteiger partial charge in [0.15, 0.2) is 18.1 Å². The Kier molecular flexibility index (Phi) is 6.68. The van der Waals surface area contributed by atoms with Crippen LogP contribution >= 0.6 is 11.6 Å². The van der Waals surface area contributed by atoms with Crippen molar-refractivity contribution in [2.45, 2.75) is 20.8 Å². The molecule has 0 spiro atoms. The van der Waals surface area contributed by atoms with E-state index in [2.05, 4.69) is 15.4 Å². The second kappa shape index (κ2) is 9.41. The molecule has 0 saturated carbocycles. The monoisotopic (exact) mass is 428 g/mol. The molecule has 30 heavy (non-hydrogen) atoms. The minimum absolute atomic E-state index is 0.0933. The number of aryl methyl sites for hydroxylation is 2. The van der Waals surface area contributed by atoms with Crippen LogP contribution in [0.25, 0.3) is 5.82 Å². The van der Waals surface area contributed by atoms with Crippen LogP contribution in [0, 0.1) is 13.8 Å². The fourth-order valence-corrected chi connectivity index (χ4v) is 2.97. The molecule has 0 bridgehead atoms. The maximum atomic E-state index is 12.5. The molecule has 3 rings (SSSR count). The number of aromatic nitrogens is 3. The lowest BCUT2D eigenvalue weighted by Crippen LogP contribution is -2.22. The molecule has 0 radical (unpaired) electrons. The van der Waals surface area contributed by atoms with Crippen LogP contribution in [-0.4, -0.2) is 39.9 Å².